The fourth-order valence-corrected chi connectivity index (χ4v) is 6.99. The highest BCUT2D eigenvalue weighted by Gasteiger charge is 2.28. The number of nitrogens with zero attached hydrogens (tertiary/aromatic N) is 5. The second kappa shape index (κ2) is 12.1. The third kappa shape index (κ3) is 6.34. The zero-order valence-electron chi connectivity index (χ0n) is 24.0. The SMILES string of the molecule is CCN1CCN(c2ccc(-c3cc(NCc4ccc(Cl)cc4F)n4ccc(C(=O)N5CCS(=O)(=O)CC5)c4n3)cc2)CC1. The molecule has 0 unspecified atom stereocenters. The molecular weight excluding hydrogens is 591 g/mol. The summed E-state index contributed by atoms with van der Waals surface area (Å²) in [5.74, 6) is -0.151. The normalized spacial score (nSPS) is 17.4. The van der Waals surface area contributed by atoms with Gasteiger partial charge in [0.2, 0.25) is 0 Å². The third-order valence-corrected chi connectivity index (χ3v) is 10.1. The zero-order valence-corrected chi connectivity index (χ0v) is 25.5. The Hall–Kier alpha value is -3.67. The molecule has 2 fully saturated rings. The van der Waals surface area contributed by atoms with E-state index < -0.39 is 15.7 Å². The van der Waals surface area contributed by atoms with E-state index in [1.165, 1.54) is 6.07 Å². The summed E-state index contributed by atoms with van der Waals surface area (Å²) in [6.07, 6.45) is 1.75. The molecule has 0 atom stereocenters. The lowest BCUT2D eigenvalue weighted by Crippen LogP contribution is -2.46. The molecule has 12 heteroatoms. The topological polar surface area (TPSA) is 90.3 Å². The van der Waals surface area contributed by atoms with Crippen LogP contribution in [0.4, 0.5) is 15.9 Å². The van der Waals surface area contributed by atoms with Crippen LogP contribution >= 0.6 is 11.6 Å². The number of aromatic nitrogens is 2. The Morgan fingerprint density at radius 1 is 0.977 bits per heavy atom. The highest BCUT2D eigenvalue weighted by Crippen LogP contribution is 2.28. The first-order chi connectivity index (χ1) is 20.7. The number of sulfone groups is 1. The largest absolute Gasteiger partial charge is 0.369 e. The monoisotopic (exact) mass is 624 g/mol. The van der Waals surface area contributed by atoms with Gasteiger partial charge in [0.05, 0.1) is 22.8 Å². The zero-order chi connectivity index (χ0) is 30.1. The van der Waals surface area contributed by atoms with Gasteiger partial charge in [0.1, 0.15) is 11.6 Å². The van der Waals surface area contributed by atoms with Crippen LogP contribution in [0.2, 0.25) is 5.02 Å². The number of fused-ring (bicyclic) bond motifs is 1. The molecule has 0 spiro atoms. The van der Waals surface area contributed by atoms with Gasteiger partial charge >= 0.3 is 0 Å². The lowest BCUT2D eigenvalue weighted by Gasteiger charge is -2.35. The molecule has 0 radical (unpaired) electrons. The van der Waals surface area contributed by atoms with E-state index in [2.05, 4.69) is 34.2 Å². The van der Waals surface area contributed by atoms with E-state index in [4.69, 9.17) is 16.6 Å². The average molecular weight is 625 g/mol. The minimum atomic E-state index is -3.14. The van der Waals surface area contributed by atoms with Crippen LogP contribution < -0.4 is 10.2 Å². The quantitative estimate of drug-likeness (QED) is 0.326. The average Bonchev–Trinajstić information content (AvgIpc) is 3.44. The second-order valence-electron chi connectivity index (χ2n) is 11.0. The first-order valence-electron chi connectivity index (χ1n) is 14.5. The lowest BCUT2D eigenvalue weighted by atomic mass is 10.1. The second-order valence-corrected chi connectivity index (χ2v) is 13.7. The van der Waals surface area contributed by atoms with Crippen molar-refractivity contribution in [2.75, 3.05) is 67.5 Å². The van der Waals surface area contributed by atoms with Crippen LogP contribution in [0.3, 0.4) is 0 Å². The Balaban J connectivity index is 1.33. The summed E-state index contributed by atoms with van der Waals surface area (Å²) in [5, 5.41) is 3.64. The molecule has 2 aromatic heterocycles. The molecule has 2 aliphatic heterocycles. The van der Waals surface area contributed by atoms with Crippen molar-refractivity contribution in [3.8, 4) is 11.3 Å². The Morgan fingerprint density at radius 2 is 1.70 bits per heavy atom. The number of piperazine rings is 1. The Morgan fingerprint density at radius 3 is 2.37 bits per heavy atom. The van der Waals surface area contributed by atoms with Gasteiger partial charge in [-0.25, -0.2) is 17.8 Å². The Bertz CT molecular complexity index is 1740. The molecule has 0 saturated carbocycles. The minimum absolute atomic E-state index is 0.0531. The maximum Gasteiger partial charge on any atom is 0.257 e. The first kappa shape index (κ1) is 29.4. The number of likely N-dealkylation sites (N-methyl/N-ethyl adjacent to an activating group) is 1. The van der Waals surface area contributed by atoms with Gasteiger partial charge in [-0.15, -0.1) is 0 Å². The molecule has 2 aromatic carbocycles. The van der Waals surface area contributed by atoms with Gasteiger partial charge in [-0.1, -0.05) is 36.7 Å². The Kier molecular flexibility index (Phi) is 8.30. The minimum Gasteiger partial charge on any atom is -0.369 e. The number of halogens is 2. The first-order valence-corrected chi connectivity index (χ1v) is 16.7. The van der Waals surface area contributed by atoms with Crippen molar-refractivity contribution in [2.24, 2.45) is 0 Å². The van der Waals surface area contributed by atoms with Gasteiger partial charge in [0.15, 0.2) is 15.5 Å². The molecule has 4 heterocycles. The molecule has 43 heavy (non-hydrogen) atoms. The molecule has 9 nitrogen and oxygen atoms in total. The highest BCUT2D eigenvalue weighted by atomic mass is 35.5. The van der Waals surface area contributed by atoms with E-state index in [-0.39, 0.29) is 37.0 Å². The van der Waals surface area contributed by atoms with Crippen LogP contribution in [-0.2, 0) is 16.4 Å². The fourth-order valence-electron chi connectivity index (χ4n) is 5.63. The molecule has 4 aromatic rings. The predicted molar refractivity (Wildman–Crippen MR) is 168 cm³/mol. The van der Waals surface area contributed by atoms with Crippen molar-refractivity contribution in [3.63, 3.8) is 0 Å². The van der Waals surface area contributed by atoms with Crippen molar-refractivity contribution >= 4 is 44.5 Å². The molecular formula is C31H34ClFN6O3S. The van der Waals surface area contributed by atoms with Crippen molar-refractivity contribution in [2.45, 2.75) is 13.5 Å². The smallest absolute Gasteiger partial charge is 0.257 e. The van der Waals surface area contributed by atoms with Crippen LogP contribution in [0, 0.1) is 5.82 Å². The van der Waals surface area contributed by atoms with Crippen LogP contribution in [0.25, 0.3) is 16.9 Å². The summed E-state index contributed by atoms with van der Waals surface area (Å²) >= 11 is 5.94. The fraction of sp³-hybridized carbons (Fsp3) is 0.355. The maximum absolute atomic E-state index is 14.6. The van der Waals surface area contributed by atoms with E-state index in [1.54, 1.807) is 33.7 Å². The molecule has 0 aliphatic carbocycles. The van der Waals surface area contributed by atoms with Crippen LogP contribution in [0.5, 0.6) is 0 Å². The van der Waals surface area contributed by atoms with Gasteiger partial charge in [0, 0.05) is 79.9 Å². The number of hydrogen-bond acceptors (Lipinski definition) is 7. The molecule has 226 valence electrons. The number of carbonyl (C=O) groups excluding carboxylic acids is 1. The highest BCUT2D eigenvalue weighted by molar-refractivity contribution is 7.91. The summed E-state index contributed by atoms with van der Waals surface area (Å²) in [5.41, 5.74) is 3.95. The molecule has 1 N–H and O–H groups in total. The summed E-state index contributed by atoms with van der Waals surface area (Å²) < 4.78 is 40.2. The van der Waals surface area contributed by atoms with Gasteiger partial charge in [-0.2, -0.15) is 0 Å². The van der Waals surface area contributed by atoms with Gasteiger partial charge in [-0.05, 0) is 36.9 Å². The maximum atomic E-state index is 14.6. The lowest BCUT2D eigenvalue weighted by molar-refractivity contribution is 0.0772. The van der Waals surface area contributed by atoms with Crippen molar-refractivity contribution < 1.29 is 17.6 Å². The van der Waals surface area contributed by atoms with Gasteiger partial charge in [-0.3, -0.25) is 9.20 Å². The number of nitrogens with one attached hydrogen (secondary N) is 1. The molecule has 2 aliphatic rings. The van der Waals surface area contributed by atoms with Crippen LogP contribution in [-0.4, -0.2) is 90.8 Å². The Labute approximate surface area is 255 Å². The number of benzene rings is 2. The molecule has 2 saturated heterocycles. The molecule has 6 rings (SSSR count). The van der Waals surface area contributed by atoms with Crippen LogP contribution in [0.1, 0.15) is 22.8 Å². The number of hydrogen-bond donors (Lipinski definition) is 1. The van der Waals surface area contributed by atoms with Crippen LogP contribution in [0.15, 0.2) is 60.8 Å². The van der Waals surface area contributed by atoms with Gasteiger partial charge in [0.25, 0.3) is 5.91 Å². The number of amides is 1. The van der Waals surface area contributed by atoms with Crippen molar-refractivity contribution in [1.29, 1.82) is 0 Å². The van der Waals surface area contributed by atoms with E-state index in [0.717, 1.165) is 44.0 Å². The standard InChI is InChI=1S/C31H34ClFN6O3S/c1-2-36-11-13-37(14-12-36)25-7-4-22(5-8-25)28-20-29(34-21-23-3-6-24(32)19-27(23)33)39-10-9-26(30(39)35-28)31(40)38-15-17-43(41,42)18-16-38/h3-10,19-20,34H,2,11-18,21H2,1H3. The predicted octanol–water partition coefficient (Wildman–Crippen LogP) is 4.42. The van der Waals surface area contributed by atoms with E-state index in [1.807, 2.05) is 18.2 Å². The van der Waals surface area contributed by atoms with E-state index in [9.17, 15) is 17.6 Å². The molecule has 1 amide bonds. The summed E-state index contributed by atoms with van der Waals surface area (Å²) in [6.45, 7) is 7.74. The molecule has 0 bridgehead atoms. The summed E-state index contributed by atoms with van der Waals surface area (Å²) in [4.78, 5) is 24.8. The third-order valence-electron chi connectivity index (χ3n) is 8.30. The summed E-state index contributed by atoms with van der Waals surface area (Å²) in [6, 6.07) is 16.4. The summed E-state index contributed by atoms with van der Waals surface area (Å²) in [7, 11) is -3.14. The number of carbonyl (C=O) groups is 1. The van der Waals surface area contributed by atoms with Gasteiger partial charge < -0.3 is 20.0 Å². The number of anilines is 2. The van der Waals surface area contributed by atoms with Crippen molar-refractivity contribution in [1.82, 2.24) is 19.2 Å². The van der Waals surface area contributed by atoms with E-state index >= 15 is 0 Å². The number of rotatable bonds is 7. The van der Waals surface area contributed by atoms with E-state index in [0.29, 0.717) is 33.3 Å². The van der Waals surface area contributed by atoms with Crippen molar-refractivity contribution in [3.05, 3.63) is 82.8 Å².